The van der Waals surface area contributed by atoms with Crippen LogP contribution in [0.4, 0.5) is 0 Å². The highest BCUT2D eigenvalue weighted by Gasteiger charge is 2.17. The van der Waals surface area contributed by atoms with E-state index in [1.54, 1.807) is 0 Å². The van der Waals surface area contributed by atoms with Crippen LogP contribution in [0.1, 0.15) is 29.7 Å². The second kappa shape index (κ2) is 9.68. The molecule has 0 aromatic heterocycles. The lowest BCUT2D eigenvalue weighted by Gasteiger charge is -2.29. The Labute approximate surface area is 150 Å². The van der Waals surface area contributed by atoms with Crippen molar-refractivity contribution < 1.29 is 9.84 Å². The van der Waals surface area contributed by atoms with Crippen LogP contribution in [0.5, 0.6) is 0 Å². The highest BCUT2D eigenvalue weighted by molar-refractivity contribution is 5.20. The summed E-state index contributed by atoms with van der Waals surface area (Å²) in [5.74, 6) is 0. The number of ether oxygens (including phenoxy) is 1. The van der Waals surface area contributed by atoms with Gasteiger partial charge in [0.15, 0.2) is 0 Å². The molecule has 0 aliphatic carbocycles. The smallest absolute Gasteiger partial charge is 0.0914 e. The molecule has 0 saturated carbocycles. The van der Waals surface area contributed by atoms with Gasteiger partial charge in [-0.3, -0.25) is 4.90 Å². The van der Waals surface area contributed by atoms with E-state index in [-0.39, 0.29) is 6.04 Å². The van der Waals surface area contributed by atoms with Crippen LogP contribution in [0.3, 0.4) is 0 Å². The predicted molar refractivity (Wildman–Crippen MR) is 100 cm³/mol. The molecule has 2 aromatic rings. The highest BCUT2D eigenvalue weighted by atomic mass is 16.5. The SMILES string of the molecule is OC(CNC(CCN1CCOCC1)c1ccccc1)c1ccccc1. The van der Waals surface area contributed by atoms with Gasteiger partial charge in [-0.2, -0.15) is 0 Å². The molecule has 2 aromatic carbocycles. The molecule has 4 nitrogen and oxygen atoms in total. The maximum Gasteiger partial charge on any atom is 0.0914 e. The number of nitrogens with one attached hydrogen (secondary N) is 1. The molecule has 0 spiro atoms. The molecule has 0 bridgehead atoms. The molecule has 1 saturated heterocycles. The third kappa shape index (κ3) is 5.65. The van der Waals surface area contributed by atoms with Gasteiger partial charge in [0.25, 0.3) is 0 Å². The first-order valence-electron chi connectivity index (χ1n) is 9.14. The molecule has 0 amide bonds. The number of rotatable bonds is 8. The van der Waals surface area contributed by atoms with E-state index >= 15 is 0 Å². The fourth-order valence-corrected chi connectivity index (χ4v) is 3.26. The summed E-state index contributed by atoms with van der Waals surface area (Å²) in [6.07, 6.45) is 0.529. The molecule has 3 rings (SSSR count). The third-order valence-corrected chi connectivity index (χ3v) is 4.78. The highest BCUT2D eigenvalue weighted by Crippen LogP contribution is 2.19. The van der Waals surface area contributed by atoms with E-state index in [1.807, 2.05) is 36.4 Å². The first-order valence-corrected chi connectivity index (χ1v) is 9.14. The zero-order valence-electron chi connectivity index (χ0n) is 14.7. The topological polar surface area (TPSA) is 44.7 Å². The van der Waals surface area contributed by atoms with Crippen molar-refractivity contribution in [2.45, 2.75) is 18.6 Å². The van der Waals surface area contributed by atoms with E-state index in [0.29, 0.717) is 6.54 Å². The van der Waals surface area contributed by atoms with Gasteiger partial charge in [-0.15, -0.1) is 0 Å². The van der Waals surface area contributed by atoms with E-state index in [0.717, 1.165) is 44.8 Å². The van der Waals surface area contributed by atoms with Crippen LogP contribution in [-0.2, 0) is 4.74 Å². The summed E-state index contributed by atoms with van der Waals surface area (Å²) < 4.78 is 5.43. The van der Waals surface area contributed by atoms with Crippen LogP contribution < -0.4 is 5.32 Å². The summed E-state index contributed by atoms with van der Waals surface area (Å²) in [5, 5.41) is 14.0. The number of hydrogen-bond acceptors (Lipinski definition) is 4. The quantitative estimate of drug-likeness (QED) is 0.776. The maximum absolute atomic E-state index is 10.4. The number of benzene rings is 2. The van der Waals surface area contributed by atoms with E-state index in [9.17, 15) is 5.11 Å². The summed E-state index contributed by atoms with van der Waals surface area (Å²) in [6.45, 7) is 5.26. The molecule has 25 heavy (non-hydrogen) atoms. The van der Waals surface area contributed by atoms with Crippen LogP contribution in [0.2, 0.25) is 0 Å². The van der Waals surface area contributed by atoms with Crippen LogP contribution in [0.25, 0.3) is 0 Å². The molecule has 0 radical (unpaired) electrons. The van der Waals surface area contributed by atoms with Crippen LogP contribution in [0, 0.1) is 0 Å². The molecule has 2 unspecified atom stereocenters. The lowest BCUT2D eigenvalue weighted by atomic mass is 10.0. The van der Waals surface area contributed by atoms with Crippen molar-refractivity contribution in [1.82, 2.24) is 10.2 Å². The average Bonchev–Trinajstić information content (AvgIpc) is 2.70. The van der Waals surface area contributed by atoms with Gasteiger partial charge in [0.2, 0.25) is 0 Å². The number of aliphatic hydroxyl groups is 1. The fourth-order valence-electron chi connectivity index (χ4n) is 3.26. The molecule has 2 N–H and O–H groups in total. The first-order chi connectivity index (χ1) is 12.3. The maximum atomic E-state index is 10.4. The van der Waals surface area contributed by atoms with Crippen molar-refractivity contribution in [3.63, 3.8) is 0 Å². The molecule has 1 fully saturated rings. The standard InChI is InChI=1S/C21H28N2O2/c24-21(19-9-5-2-6-10-19)17-22-20(18-7-3-1-4-8-18)11-12-23-13-15-25-16-14-23/h1-10,20-22,24H,11-17H2. The molecule has 134 valence electrons. The van der Waals surface area contributed by atoms with Gasteiger partial charge in [-0.25, -0.2) is 0 Å². The second-order valence-corrected chi connectivity index (χ2v) is 6.54. The lowest BCUT2D eigenvalue weighted by molar-refractivity contribution is 0.0359. The minimum Gasteiger partial charge on any atom is -0.387 e. The van der Waals surface area contributed by atoms with Crippen molar-refractivity contribution in [3.8, 4) is 0 Å². The minimum atomic E-state index is -0.490. The van der Waals surface area contributed by atoms with Crippen molar-refractivity contribution in [2.24, 2.45) is 0 Å². The number of morpholine rings is 1. The average molecular weight is 340 g/mol. The van der Waals surface area contributed by atoms with Gasteiger partial charge < -0.3 is 15.2 Å². The predicted octanol–water partition coefficient (Wildman–Crippen LogP) is 2.77. The summed E-state index contributed by atoms with van der Waals surface area (Å²) in [5.41, 5.74) is 2.23. The Balaban J connectivity index is 1.58. The van der Waals surface area contributed by atoms with Gasteiger partial charge in [-0.1, -0.05) is 60.7 Å². The zero-order valence-corrected chi connectivity index (χ0v) is 14.7. The Morgan fingerprint density at radius 2 is 1.52 bits per heavy atom. The molecule has 1 heterocycles. The molecule has 2 atom stereocenters. The Morgan fingerprint density at radius 1 is 0.920 bits per heavy atom. The third-order valence-electron chi connectivity index (χ3n) is 4.78. The molecule has 4 heteroatoms. The molecular weight excluding hydrogens is 312 g/mol. The van der Waals surface area contributed by atoms with Crippen molar-refractivity contribution in [3.05, 3.63) is 71.8 Å². The number of nitrogens with zero attached hydrogens (tertiary/aromatic N) is 1. The Bertz CT molecular complexity index is 600. The van der Waals surface area contributed by atoms with Gasteiger partial charge in [0.05, 0.1) is 19.3 Å². The van der Waals surface area contributed by atoms with Gasteiger partial charge in [-0.05, 0) is 17.5 Å². The summed E-state index contributed by atoms with van der Waals surface area (Å²) in [6, 6.07) is 20.6. The first kappa shape index (κ1) is 18.1. The van der Waals surface area contributed by atoms with Crippen LogP contribution >= 0.6 is 0 Å². The van der Waals surface area contributed by atoms with Gasteiger partial charge >= 0.3 is 0 Å². The van der Waals surface area contributed by atoms with E-state index in [2.05, 4.69) is 34.5 Å². The normalized spacial score (nSPS) is 18.0. The molecule has 1 aliphatic rings. The Kier molecular flexibility index (Phi) is 7.00. The van der Waals surface area contributed by atoms with Crippen molar-refractivity contribution >= 4 is 0 Å². The lowest BCUT2D eigenvalue weighted by Crippen LogP contribution is -2.38. The fraction of sp³-hybridized carbons (Fsp3) is 0.429. The van der Waals surface area contributed by atoms with Gasteiger partial charge in [0, 0.05) is 32.2 Å². The van der Waals surface area contributed by atoms with Crippen LogP contribution in [0.15, 0.2) is 60.7 Å². The molecular formula is C21H28N2O2. The van der Waals surface area contributed by atoms with E-state index in [4.69, 9.17) is 4.74 Å². The summed E-state index contributed by atoms with van der Waals surface area (Å²) in [4.78, 5) is 2.45. The summed E-state index contributed by atoms with van der Waals surface area (Å²) >= 11 is 0. The van der Waals surface area contributed by atoms with Crippen molar-refractivity contribution in [1.29, 1.82) is 0 Å². The van der Waals surface area contributed by atoms with Crippen LogP contribution in [-0.4, -0.2) is 49.4 Å². The Hall–Kier alpha value is -1.72. The molecule has 1 aliphatic heterocycles. The summed E-state index contributed by atoms with van der Waals surface area (Å²) in [7, 11) is 0. The van der Waals surface area contributed by atoms with Crippen molar-refractivity contribution in [2.75, 3.05) is 39.4 Å². The van der Waals surface area contributed by atoms with E-state index in [1.165, 1.54) is 5.56 Å². The number of aliphatic hydroxyl groups excluding tert-OH is 1. The minimum absolute atomic E-state index is 0.238. The van der Waals surface area contributed by atoms with E-state index < -0.39 is 6.10 Å². The Morgan fingerprint density at radius 3 is 2.16 bits per heavy atom. The second-order valence-electron chi connectivity index (χ2n) is 6.54. The monoisotopic (exact) mass is 340 g/mol. The van der Waals surface area contributed by atoms with Gasteiger partial charge in [0.1, 0.15) is 0 Å². The number of hydrogen-bond donors (Lipinski definition) is 2. The zero-order chi connectivity index (χ0) is 17.3. The largest absolute Gasteiger partial charge is 0.387 e.